The van der Waals surface area contributed by atoms with Gasteiger partial charge in [-0.2, -0.15) is 0 Å². The van der Waals surface area contributed by atoms with E-state index in [-0.39, 0.29) is 5.91 Å². The van der Waals surface area contributed by atoms with Gasteiger partial charge in [0.1, 0.15) is 0 Å². The van der Waals surface area contributed by atoms with Gasteiger partial charge in [-0.15, -0.1) is 17.9 Å². The summed E-state index contributed by atoms with van der Waals surface area (Å²) in [5, 5.41) is 2.65. The molecule has 2 aromatic carbocycles. The average Bonchev–Trinajstić information content (AvgIpc) is 3.09. The van der Waals surface area contributed by atoms with Crippen molar-refractivity contribution in [3.63, 3.8) is 0 Å². The number of carbonyl (C=O) groups excluding carboxylic acids is 1. The number of anilines is 1. The van der Waals surface area contributed by atoms with Crippen molar-refractivity contribution in [1.29, 1.82) is 0 Å². The van der Waals surface area contributed by atoms with Gasteiger partial charge in [0.2, 0.25) is 0 Å². The van der Waals surface area contributed by atoms with Crippen molar-refractivity contribution in [3.8, 4) is 11.3 Å². The molecule has 0 N–H and O–H groups in total. The van der Waals surface area contributed by atoms with Crippen molar-refractivity contribution in [1.82, 2.24) is 4.98 Å². The topological polar surface area (TPSA) is 33.2 Å². The molecular formula is C19H15IN2OS. The average molecular weight is 446 g/mol. The lowest BCUT2D eigenvalue weighted by molar-refractivity contribution is 0.0989. The van der Waals surface area contributed by atoms with E-state index in [4.69, 9.17) is 0 Å². The van der Waals surface area contributed by atoms with Crippen LogP contribution in [0.25, 0.3) is 11.3 Å². The maximum atomic E-state index is 12.9. The van der Waals surface area contributed by atoms with E-state index in [2.05, 4.69) is 34.2 Å². The van der Waals surface area contributed by atoms with E-state index in [1.54, 1.807) is 11.0 Å². The normalized spacial score (nSPS) is 10.4. The van der Waals surface area contributed by atoms with Gasteiger partial charge in [-0.1, -0.05) is 42.5 Å². The minimum atomic E-state index is -0.0672. The van der Waals surface area contributed by atoms with Gasteiger partial charge in [-0.25, -0.2) is 4.98 Å². The molecule has 0 saturated heterocycles. The Labute approximate surface area is 158 Å². The van der Waals surface area contributed by atoms with Crippen molar-refractivity contribution >= 4 is 45.0 Å². The van der Waals surface area contributed by atoms with Gasteiger partial charge in [-0.05, 0) is 40.8 Å². The Kier molecular flexibility index (Phi) is 5.42. The van der Waals surface area contributed by atoms with E-state index >= 15 is 0 Å². The number of hydrogen-bond acceptors (Lipinski definition) is 3. The van der Waals surface area contributed by atoms with Crippen molar-refractivity contribution in [3.05, 3.63) is 81.8 Å². The zero-order valence-electron chi connectivity index (χ0n) is 12.9. The number of hydrogen-bond donors (Lipinski definition) is 0. The van der Waals surface area contributed by atoms with Crippen molar-refractivity contribution < 1.29 is 4.79 Å². The number of amides is 1. The van der Waals surface area contributed by atoms with E-state index in [0.717, 1.165) is 14.8 Å². The third-order valence-corrected chi connectivity index (χ3v) is 4.96. The molecule has 3 aromatic rings. The standard InChI is InChI=1S/C19H15IN2OS/c1-2-11-22(18(23)15-9-6-10-16(20)12-15)19-21-17(13-24-19)14-7-4-3-5-8-14/h2-10,12-13H,1,11H2. The number of halogens is 1. The first-order valence-corrected chi connectivity index (χ1v) is 9.34. The first-order chi connectivity index (χ1) is 11.7. The molecular weight excluding hydrogens is 431 g/mol. The van der Waals surface area contributed by atoms with Gasteiger partial charge in [0.25, 0.3) is 5.91 Å². The zero-order chi connectivity index (χ0) is 16.9. The van der Waals surface area contributed by atoms with Crippen LogP contribution >= 0.6 is 33.9 Å². The lowest BCUT2D eigenvalue weighted by Gasteiger charge is -2.18. The van der Waals surface area contributed by atoms with Crippen LogP contribution in [0.3, 0.4) is 0 Å². The van der Waals surface area contributed by atoms with Crippen LogP contribution < -0.4 is 4.90 Å². The van der Waals surface area contributed by atoms with E-state index in [1.165, 1.54) is 11.3 Å². The Morgan fingerprint density at radius 2 is 2.00 bits per heavy atom. The van der Waals surface area contributed by atoms with Crippen LogP contribution in [0.4, 0.5) is 5.13 Å². The van der Waals surface area contributed by atoms with Crippen LogP contribution in [0.2, 0.25) is 0 Å². The minimum Gasteiger partial charge on any atom is -0.280 e. The molecule has 0 bridgehead atoms. The predicted octanol–water partition coefficient (Wildman–Crippen LogP) is 5.25. The molecule has 0 atom stereocenters. The van der Waals surface area contributed by atoms with Crippen molar-refractivity contribution in [2.45, 2.75) is 0 Å². The number of nitrogens with zero attached hydrogens (tertiary/aromatic N) is 2. The Morgan fingerprint density at radius 3 is 2.71 bits per heavy atom. The second-order valence-corrected chi connectivity index (χ2v) is 7.18. The van der Waals surface area contributed by atoms with E-state index in [1.807, 2.05) is 60.0 Å². The highest BCUT2D eigenvalue weighted by molar-refractivity contribution is 14.1. The number of carbonyl (C=O) groups is 1. The summed E-state index contributed by atoms with van der Waals surface area (Å²) in [4.78, 5) is 19.2. The second-order valence-electron chi connectivity index (χ2n) is 5.10. The van der Waals surface area contributed by atoms with Gasteiger partial charge in [0.05, 0.1) is 5.69 Å². The van der Waals surface area contributed by atoms with Crippen LogP contribution in [0, 0.1) is 3.57 Å². The smallest absolute Gasteiger partial charge is 0.260 e. The highest BCUT2D eigenvalue weighted by atomic mass is 127. The molecule has 1 amide bonds. The zero-order valence-corrected chi connectivity index (χ0v) is 15.8. The largest absolute Gasteiger partial charge is 0.280 e. The van der Waals surface area contributed by atoms with Crippen molar-refractivity contribution in [2.24, 2.45) is 0 Å². The highest BCUT2D eigenvalue weighted by Crippen LogP contribution is 2.28. The Hall–Kier alpha value is -1.99. The predicted molar refractivity (Wildman–Crippen MR) is 109 cm³/mol. The molecule has 0 radical (unpaired) electrons. The molecule has 0 fully saturated rings. The van der Waals surface area contributed by atoms with E-state index < -0.39 is 0 Å². The molecule has 3 nitrogen and oxygen atoms in total. The second kappa shape index (κ2) is 7.72. The van der Waals surface area contributed by atoms with E-state index in [0.29, 0.717) is 17.2 Å². The summed E-state index contributed by atoms with van der Waals surface area (Å²) >= 11 is 3.67. The van der Waals surface area contributed by atoms with Gasteiger partial charge in [0, 0.05) is 26.6 Å². The lowest BCUT2D eigenvalue weighted by atomic mass is 10.2. The lowest BCUT2D eigenvalue weighted by Crippen LogP contribution is -2.31. The quantitative estimate of drug-likeness (QED) is 0.397. The Balaban J connectivity index is 1.93. The monoisotopic (exact) mass is 446 g/mol. The SMILES string of the molecule is C=CCN(C(=O)c1cccc(I)c1)c1nc(-c2ccccc2)cs1. The minimum absolute atomic E-state index is 0.0672. The molecule has 0 aliphatic rings. The molecule has 1 aromatic heterocycles. The van der Waals surface area contributed by atoms with Crippen LogP contribution in [0.15, 0.2) is 72.6 Å². The van der Waals surface area contributed by atoms with Gasteiger partial charge < -0.3 is 0 Å². The Bertz CT molecular complexity index is 861. The van der Waals surface area contributed by atoms with Crippen LogP contribution in [-0.4, -0.2) is 17.4 Å². The van der Waals surface area contributed by atoms with Crippen LogP contribution in [0.1, 0.15) is 10.4 Å². The summed E-state index contributed by atoms with van der Waals surface area (Å²) in [6.45, 7) is 4.19. The van der Waals surface area contributed by atoms with E-state index in [9.17, 15) is 4.79 Å². The first-order valence-electron chi connectivity index (χ1n) is 7.38. The summed E-state index contributed by atoms with van der Waals surface area (Å²) in [6.07, 6.45) is 1.72. The third kappa shape index (κ3) is 3.73. The number of benzene rings is 2. The molecule has 3 rings (SSSR count). The maximum Gasteiger partial charge on any atom is 0.260 e. The van der Waals surface area contributed by atoms with Crippen LogP contribution in [0.5, 0.6) is 0 Å². The molecule has 0 spiro atoms. The van der Waals surface area contributed by atoms with Crippen molar-refractivity contribution in [2.75, 3.05) is 11.4 Å². The van der Waals surface area contributed by atoms with Gasteiger partial charge in [-0.3, -0.25) is 9.69 Å². The van der Waals surface area contributed by atoms with Gasteiger partial charge in [0.15, 0.2) is 5.13 Å². The summed E-state index contributed by atoms with van der Waals surface area (Å²) in [7, 11) is 0. The third-order valence-electron chi connectivity index (χ3n) is 3.42. The molecule has 0 unspecified atom stereocenters. The summed E-state index contributed by atoms with van der Waals surface area (Å²) < 4.78 is 1.03. The first kappa shape index (κ1) is 16.9. The molecule has 0 aliphatic heterocycles. The molecule has 0 saturated carbocycles. The van der Waals surface area contributed by atoms with Gasteiger partial charge >= 0.3 is 0 Å². The maximum absolute atomic E-state index is 12.9. The molecule has 5 heteroatoms. The fourth-order valence-electron chi connectivity index (χ4n) is 2.28. The summed E-state index contributed by atoms with van der Waals surface area (Å²) in [5.41, 5.74) is 2.57. The number of thiazole rings is 1. The molecule has 0 aliphatic carbocycles. The fraction of sp³-hybridized carbons (Fsp3) is 0.0526. The number of rotatable bonds is 5. The van der Waals surface area contributed by atoms with Crippen LogP contribution in [-0.2, 0) is 0 Å². The highest BCUT2D eigenvalue weighted by Gasteiger charge is 2.20. The Morgan fingerprint density at radius 1 is 1.21 bits per heavy atom. The molecule has 24 heavy (non-hydrogen) atoms. The summed E-state index contributed by atoms with van der Waals surface area (Å²) in [6, 6.07) is 17.5. The number of aromatic nitrogens is 1. The molecule has 1 heterocycles. The fourth-order valence-corrected chi connectivity index (χ4v) is 3.67. The summed E-state index contributed by atoms with van der Waals surface area (Å²) in [5.74, 6) is -0.0672. The molecule has 120 valence electrons.